The van der Waals surface area contributed by atoms with Crippen LogP contribution in [0.4, 0.5) is 9.18 Å². The summed E-state index contributed by atoms with van der Waals surface area (Å²) in [6.45, 7) is -0.150. The van der Waals surface area contributed by atoms with Crippen LogP contribution in [0.5, 0.6) is 0 Å². The van der Waals surface area contributed by atoms with Gasteiger partial charge in [0.25, 0.3) is 5.91 Å². The molecule has 192 valence electrons. The quantitative estimate of drug-likeness (QED) is 0.107. The summed E-state index contributed by atoms with van der Waals surface area (Å²) < 4.78 is 12.8. The van der Waals surface area contributed by atoms with Gasteiger partial charge in [0.1, 0.15) is 17.9 Å². The van der Waals surface area contributed by atoms with Crippen LogP contribution in [0.15, 0.2) is 29.4 Å². The first-order valence-corrected chi connectivity index (χ1v) is 10.5. The van der Waals surface area contributed by atoms with Crippen LogP contribution in [0.25, 0.3) is 0 Å². The number of halogens is 1. The number of carbonyl (C=O) groups is 5. The van der Waals surface area contributed by atoms with Crippen molar-refractivity contribution in [2.24, 2.45) is 5.16 Å². The van der Waals surface area contributed by atoms with Crippen molar-refractivity contribution in [1.29, 1.82) is 0 Å². The lowest BCUT2D eigenvalue weighted by atomic mass is 10.1. The molecule has 0 radical (unpaired) electrons. The van der Waals surface area contributed by atoms with Crippen molar-refractivity contribution in [3.8, 4) is 0 Å². The average molecular weight is 498 g/mol. The Morgan fingerprint density at radius 3 is 2.11 bits per heavy atom. The van der Waals surface area contributed by atoms with E-state index in [0.29, 0.717) is 18.4 Å². The summed E-state index contributed by atoms with van der Waals surface area (Å²) in [5, 5.41) is 37.2. The Bertz CT molecular complexity index is 909. The van der Waals surface area contributed by atoms with Crippen molar-refractivity contribution in [3.63, 3.8) is 0 Å². The maximum atomic E-state index is 12.8. The molecule has 1 aromatic rings. The zero-order valence-electron chi connectivity index (χ0n) is 18.6. The second kappa shape index (κ2) is 15.6. The summed E-state index contributed by atoms with van der Waals surface area (Å²) in [5.41, 5.74) is 0.584. The van der Waals surface area contributed by atoms with Crippen LogP contribution in [-0.4, -0.2) is 76.6 Å². The molecule has 14 heteroatoms. The zero-order valence-corrected chi connectivity index (χ0v) is 18.6. The van der Waals surface area contributed by atoms with Crippen LogP contribution >= 0.6 is 0 Å². The number of aliphatic carboxylic acids is 3. The summed E-state index contributed by atoms with van der Waals surface area (Å²) in [4.78, 5) is 61.5. The number of nitrogens with zero attached hydrogens (tertiary/aromatic N) is 1. The number of hydrogen-bond acceptors (Lipinski definition) is 7. The summed E-state index contributed by atoms with van der Waals surface area (Å²) in [6, 6.07) is 1.61. The molecular weight excluding hydrogens is 471 g/mol. The highest BCUT2D eigenvalue weighted by atomic mass is 19.1. The Morgan fingerprint density at radius 1 is 0.943 bits per heavy atom. The first kappa shape index (κ1) is 28.8. The van der Waals surface area contributed by atoms with E-state index in [2.05, 4.69) is 15.8 Å². The van der Waals surface area contributed by atoms with E-state index in [1.54, 1.807) is 0 Å². The number of urea groups is 1. The molecule has 1 rings (SSSR count). The lowest BCUT2D eigenvalue weighted by Crippen LogP contribution is -2.51. The minimum atomic E-state index is -1.49. The topological polar surface area (TPSA) is 204 Å². The molecule has 6 N–H and O–H groups in total. The van der Waals surface area contributed by atoms with E-state index in [0.717, 1.165) is 0 Å². The minimum Gasteiger partial charge on any atom is -0.481 e. The molecule has 13 nitrogen and oxygen atoms in total. The van der Waals surface area contributed by atoms with Crippen molar-refractivity contribution < 1.29 is 48.5 Å². The summed E-state index contributed by atoms with van der Waals surface area (Å²) in [7, 11) is 0. The van der Waals surface area contributed by atoms with Crippen molar-refractivity contribution in [2.75, 3.05) is 13.2 Å². The number of carboxylic acid groups (broad SMARTS) is 3. The lowest BCUT2D eigenvalue weighted by molar-refractivity contribution is -0.140. The number of unbranched alkanes of at least 4 members (excludes halogenated alkanes) is 1. The second-order valence-electron chi connectivity index (χ2n) is 7.24. The predicted octanol–water partition coefficient (Wildman–Crippen LogP) is 0.533. The summed E-state index contributed by atoms with van der Waals surface area (Å²) in [5.74, 6) is -4.88. The molecule has 0 aromatic heterocycles. The van der Waals surface area contributed by atoms with Gasteiger partial charge in [0, 0.05) is 13.0 Å². The number of carboxylic acids is 3. The third-order valence-corrected chi connectivity index (χ3v) is 4.44. The van der Waals surface area contributed by atoms with Crippen molar-refractivity contribution in [2.45, 2.75) is 44.2 Å². The molecule has 1 aromatic carbocycles. The van der Waals surface area contributed by atoms with E-state index in [4.69, 9.17) is 15.1 Å². The van der Waals surface area contributed by atoms with Gasteiger partial charge >= 0.3 is 23.9 Å². The fraction of sp³-hybridized carbons (Fsp3) is 0.429. The monoisotopic (exact) mass is 498 g/mol. The van der Waals surface area contributed by atoms with Gasteiger partial charge in [0.2, 0.25) is 0 Å². The number of oxime groups is 1. The Kier molecular flexibility index (Phi) is 12.8. The zero-order chi connectivity index (χ0) is 26.2. The predicted molar refractivity (Wildman–Crippen MR) is 118 cm³/mol. The minimum absolute atomic E-state index is 0.00392. The van der Waals surface area contributed by atoms with Crippen LogP contribution in [-0.2, 0) is 24.0 Å². The highest BCUT2D eigenvalue weighted by Gasteiger charge is 2.24. The third-order valence-electron chi connectivity index (χ3n) is 4.44. The van der Waals surface area contributed by atoms with Crippen molar-refractivity contribution >= 4 is 36.1 Å². The Balaban J connectivity index is 2.29. The highest BCUT2D eigenvalue weighted by Crippen LogP contribution is 2.03. The molecule has 0 saturated carbocycles. The second-order valence-corrected chi connectivity index (χ2v) is 7.24. The highest BCUT2D eigenvalue weighted by molar-refractivity contribution is 5.86. The van der Waals surface area contributed by atoms with E-state index >= 15 is 0 Å². The van der Waals surface area contributed by atoms with Gasteiger partial charge < -0.3 is 36.1 Å². The standard InChI is InChI=1S/C21H27FN4O9/c22-14-6-4-13(5-7-14)11-24-35-12-17(27)23-10-2-1-3-15(19(30)31)25-21(34)26-16(20(32)33)8-9-18(28)29/h4-7,11,15-16H,1-3,8-10,12H2,(H,23,27)(H,28,29)(H,30,31)(H,32,33)(H2,25,26,34)/b24-11+. The fourth-order valence-electron chi connectivity index (χ4n) is 2.64. The molecule has 2 atom stereocenters. The maximum absolute atomic E-state index is 12.8. The number of rotatable bonds is 16. The van der Waals surface area contributed by atoms with Crippen molar-refractivity contribution in [3.05, 3.63) is 35.6 Å². The summed E-state index contributed by atoms with van der Waals surface area (Å²) >= 11 is 0. The largest absolute Gasteiger partial charge is 0.481 e. The van der Waals surface area contributed by atoms with Gasteiger partial charge in [-0.1, -0.05) is 17.3 Å². The molecule has 0 saturated heterocycles. The van der Waals surface area contributed by atoms with Gasteiger partial charge in [-0.05, 0) is 43.4 Å². The van der Waals surface area contributed by atoms with Crippen LogP contribution in [0.3, 0.4) is 0 Å². The first-order chi connectivity index (χ1) is 16.6. The van der Waals surface area contributed by atoms with E-state index in [-0.39, 0.29) is 26.0 Å². The van der Waals surface area contributed by atoms with E-state index in [9.17, 15) is 33.5 Å². The van der Waals surface area contributed by atoms with Crippen molar-refractivity contribution in [1.82, 2.24) is 16.0 Å². The van der Waals surface area contributed by atoms with E-state index < -0.39 is 54.2 Å². The molecule has 3 amide bonds. The van der Waals surface area contributed by atoms with Crippen LogP contribution < -0.4 is 16.0 Å². The van der Waals surface area contributed by atoms with Gasteiger partial charge in [-0.2, -0.15) is 0 Å². The van der Waals surface area contributed by atoms with Gasteiger partial charge in [-0.3, -0.25) is 9.59 Å². The molecule has 0 bridgehead atoms. The molecule has 0 fully saturated rings. The Morgan fingerprint density at radius 2 is 1.54 bits per heavy atom. The summed E-state index contributed by atoms with van der Waals surface area (Å²) in [6.07, 6.45) is 1.15. The van der Waals surface area contributed by atoms with Crippen LogP contribution in [0.1, 0.15) is 37.7 Å². The number of carbonyl (C=O) groups excluding carboxylic acids is 2. The normalized spacial score (nSPS) is 12.4. The molecule has 0 aliphatic heterocycles. The number of amides is 3. The number of benzene rings is 1. The molecule has 35 heavy (non-hydrogen) atoms. The number of hydrogen-bond donors (Lipinski definition) is 6. The van der Waals surface area contributed by atoms with E-state index in [1.165, 1.54) is 30.5 Å². The van der Waals surface area contributed by atoms with Gasteiger partial charge in [-0.25, -0.2) is 18.8 Å². The Labute approximate surface area is 199 Å². The van der Waals surface area contributed by atoms with Crippen LogP contribution in [0, 0.1) is 5.82 Å². The molecule has 0 spiro atoms. The molecular formula is C21H27FN4O9. The molecule has 0 heterocycles. The number of nitrogens with one attached hydrogen (secondary N) is 3. The Hall–Kier alpha value is -4.23. The smallest absolute Gasteiger partial charge is 0.326 e. The van der Waals surface area contributed by atoms with Gasteiger partial charge in [0.15, 0.2) is 6.61 Å². The average Bonchev–Trinajstić information content (AvgIpc) is 2.79. The molecule has 2 unspecified atom stereocenters. The first-order valence-electron chi connectivity index (χ1n) is 10.5. The lowest BCUT2D eigenvalue weighted by Gasteiger charge is -2.18. The van der Waals surface area contributed by atoms with Crippen LogP contribution in [0.2, 0.25) is 0 Å². The van der Waals surface area contributed by atoms with Gasteiger partial charge in [-0.15, -0.1) is 0 Å². The van der Waals surface area contributed by atoms with Gasteiger partial charge in [0.05, 0.1) is 6.21 Å². The maximum Gasteiger partial charge on any atom is 0.326 e. The van der Waals surface area contributed by atoms with E-state index in [1.807, 2.05) is 5.32 Å². The SMILES string of the molecule is O=C(O)CCC(NC(=O)NC(CCCCNC(=O)CO/N=C/c1ccc(F)cc1)C(=O)O)C(=O)O. The molecule has 0 aliphatic rings. The third kappa shape index (κ3) is 13.2. The fourth-order valence-corrected chi connectivity index (χ4v) is 2.64. The molecule has 0 aliphatic carbocycles.